The van der Waals surface area contributed by atoms with E-state index >= 15 is 0 Å². The van der Waals surface area contributed by atoms with Gasteiger partial charge in [0.2, 0.25) is 0 Å². The summed E-state index contributed by atoms with van der Waals surface area (Å²) in [6.45, 7) is 5.28. The Kier molecular flexibility index (Phi) is 2.59. The lowest BCUT2D eigenvalue weighted by Gasteiger charge is -2.09. The largest absolute Gasteiger partial charge is 0.316 e. The fourth-order valence-corrected chi connectivity index (χ4v) is 1.89. The third-order valence-corrected chi connectivity index (χ3v) is 3.11. The van der Waals surface area contributed by atoms with Crippen molar-refractivity contribution in [3.8, 4) is 0 Å². The van der Waals surface area contributed by atoms with Crippen LogP contribution in [0.15, 0.2) is 6.20 Å². The van der Waals surface area contributed by atoms with Crippen LogP contribution in [0.5, 0.6) is 0 Å². The van der Waals surface area contributed by atoms with E-state index in [2.05, 4.69) is 35.1 Å². The summed E-state index contributed by atoms with van der Waals surface area (Å²) >= 11 is 0. The van der Waals surface area contributed by atoms with E-state index in [0.29, 0.717) is 6.04 Å². The highest BCUT2D eigenvalue weighted by molar-refractivity contribution is 5.15. The van der Waals surface area contributed by atoms with Crippen LogP contribution in [0.2, 0.25) is 0 Å². The second-order valence-electron chi connectivity index (χ2n) is 4.33. The smallest absolute Gasteiger partial charge is 0.0638 e. The molecule has 2 rings (SSSR count). The molecular weight excluding hydrogens is 174 g/mol. The third-order valence-electron chi connectivity index (χ3n) is 3.11. The van der Waals surface area contributed by atoms with E-state index in [1.807, 2.05) is 7.05 Å². The van der Waals surface area contributed by atoms with Crippen molar-refractivity contribution in [2.75, 3.05) is 7.05 Å². The van der Waals surface area contributed by atoms with Gasteiger partial charge >= 0.3 is 0 Å². The van der Waals surface area contributed by atoms with E-state index in [1.54, 1.807) is 0 Å². The Hall–Kier alpha value is -0.830. The van der Waals surface area contributed by atoms with Gasteiger partial charge in [-0.3, -0.25) is 4.68 Å². The molecule has 1 atom stereocenters. The summed E-state index contributed by atoms with van der Waals surface area (Å²) < 4.78 is 2.14. The molecule has 0 aliphatic heterocycles. The van der Waals surface area contributed by atoms with Crippen LogP contribution in [-0.4, -0.2) is 16.8 Å². The second-order valence-corrected chi connectivity index (χ2v) is 4.33. The maximum atomic E-state index is 4.57. The van der Waals surface area contributed by atoms with Gasteiger partial charge in [0.05, 0.1) is 11.7 Å². The molecule has 14 heavy (non-hydrogen) atoms. The molecule has 1 N–H and O–H groups in total. The first kappa shape index (κ1) is 9.71. The Balaban J connectivity index is 2.13. The minimum absolute atomic E-state index is 0.583. The number of aromatic nitrogens is 2. The predicted molar refractivity (Wildman–Crippen MR) is 57.2 cm³/mol. The number of rotatable bonds is 4. The fraction of sp³-hybridized carbons (Fsp3) is 0.727. The molecule has 1 aromatic heterocycles. The molecule has 0 bridgehead atoms. The Morgan fingerprint density at radius 2 is 2.36 bits per heavy atom. The van der Waals surface area contributed by atoms with Crippen LogP contribution < -0.4 is 5.32 Å². The molecule has 1 unspecified atom stereocenters. The molecule has 1 aliphatic carbocycles. The van der Waals surface area contributed by atoms with Gasteiger partial charge in [-0.05, 0) is 39.7 Å². The number of nitrogens with one attached hydrogen (secondary N) is 1. The molecule has 0 aromatic carbocycles. The van der Waals surface area contributed by atoms with Crippen LogP contribution in [0.25, 0.3) is 0 Å². The monoisotopic (exact) mass is 193 g/mol. The Morgan fingerprint density at radius 3 is 2.93 bits per heavy atom. The molecule has 3 nitrogen and oxygen atoms in total. The van der Waals surface area contributed by atoms with Gasteiger partial charge in [0, 0.05) is 18.3 Å². The van der Waals surface area contributed by atoms with Gasteiger partial charge in [-0.1, -0.05) is 0 Å². The topological polar surface area (TPSA) is 29.9 Å². The first-order valence-corrected chi connectivity index (χ1v) is 5.41. The molecule has 1 aliphatic rings. The Labute approximate surface area is 85.5 Å². The van der Waals surface area contributed by atoms with Crippen molar-refractivity contribution in [1.82, 2.24) is 15.1 Å². The van der Waals surface area contributed by atoms with Crippen molar-refractivity contribution in [3.63, 3.8) is 0 Å². The standard InChI is InChI=1S/C11H19N3/c1-8-11(6-12-3)7-14(13-8)9(2)10-4-5-10/h7,9-10,12H,4-6H2,1-3H3. The van der Waals surface area contributed by atoms with Crippen LogP contribution >= 0.6 is 0 Å². The summed E-state index contributed by atoms with van der Waals surface area (Å²) in [5.74, 6) is 0.872. The van der Waals surface area contributed by atoms with Gasteiger partial charge in [0.1, 0.15) is 0 Å². The molecular formula is C11H19N3. The van der Waals surface area contributed by atoms with E-state index in [4.69, 9.17) is 0 Å². The second kappa shape index (κ2) is 3.73. The van der Waals surface area contributed by atoms with Crippen LogP contribution in [0.3, 0.4) is 0 Å². The zero-order chi connectivity index (χ0) is 10.1. The number of hydrogen-bond acceptors (Lipinski definition) is 2. The molecule has 0 radical (unpaired) electrons. The third kappa shape index (κ3) is 1.82. The minimum Gasteiger partial charge on any atom is -0.316 e. The molecule has 3 heteroatoms. The lowest BCUT2D eigenvalue weighted by molar-refractivity contribution is 0.438. The number of nitrogens with zero attached hydrogens (tertiary/aromatic N) is 2. The number of hydrogen-bond donors (Lipinski definition) is 1. The maximum absolute atomic E-state index is 4.57. The van der Waals surface area contributed by atoms with Crippen LogP contribution in [-0.2, 0) is 6.54 Å². The predicted octanol–water partition coefficient (Wildman–Crippen LogP) is 1.88. The molecule has 0 saturated heterocycles. The lowest BCUT2D eigenvalue weighted by Crippen LogP contribution is -2.08. The molecule has 1 fully saturated rings. The van der Waals surface area contributed by atoms with Gasteiger partial charge in [-0.2, -0.15) is 5.10 Å². The van der Waals surface area contributed by atoms with E-state index in [1.165, 1.54) is 18.4 Å². The van der Waals surface area contributed by atoms with Crippen molar-refractivity contribution in [2.45, 2.75) is 39.3 Å². The van der Waals surface area contributed by atoms with Gasteiger partial charge in [0.25, 0.3) is 0 Å². The molecule has 0 amide bonds. The zero-order valence-electron chi connectivity index (χ0n) is 9.25. The van der Waals surface area contributed by atoms with E-state index in [9.17, 15) is 0 Å². The fourth-order valence-electron chi connectivity index (χ4n) is 1.89. The Morgan fingerprint density at radius 1 is 1.64 bits per heavy atom. The lowest BCUT2D eigenvalue weighted by atomic mass is 10.2. The average molecular weight is 193 g/mol. The normalized spacial score (nSPS) is 18.5. The summed E-state index contributed by atoms with van der Waals surface area (Å²) in [5, 5.41) is 7.74. The molecule has 1 heterocycles. The average Bonchev–Trinajstić information content (AvgIpc) is 2.93. The zero-order valence-corrected chi connectivity index (χ0v) is 9.25. The van der Waals surface area contributed by atoms with Gasteiger partial charge in [0.15, 0.2) is 0 Å². The highest BCUT2D eigenvalue weighted by Gasteiger charge is 2.29. The summed E-state index contributed by atoms with van der Waals surface area (Å²) in [6.07, 6.45) is 4.94. The summed E-state index contributed by atoms with van der Waals surface area (Å²) in [5.41, 5.74) is 2.48. The summed E-state index contributed by atoms with van der Waals surface area (Å²) in [7, 11) is 1.97. The van der Waals surface area contributed by atoms with E-state index in [0.717, 1.165) is 18.2 Å². The first-order chi connectivity index (χ1) is 6.72. The highest BCUT2D eigenvalue weighted by atomic mass is 15.3. The van der Waals surface area contributed by atoms with Crippen molar-refractivity contribution in [1.29, 1.82) is 0 Å². The van der Waals surface area contributed by atoms with Crippen LogP contribution in [0.1, 0.15) is 37.1 Å². The molecule has 0 spiro atoms. The van der Waals surface area contributed by atoms with Gasteiger partial charge in [-0.15, -0.1) is 0 Å². The number of aryl methyl sites for hydroxylation is 1. The van der Waals surface area contributed by atoms with Crippen LogP contribution in [0.4, 0.5) is 0 Å². The van der Waals surface area contributed by atoms with E-state index < -0.39 is 0 Å². The van der Waals surface area contributed by atoms with Crippen molar-refractivity contribution in [2.24, 2.45) is 5.92 Å². The van der Waals surface area contributed by atoms with Crippen LogP contribution in [0, 0.1) is 12.8 Å². The molecule has 1 aromatic rings. The minimum atomic E-state index is 0.583. The molecule has 1 saturated carbocycles. The van der Waals surface area contributed by atoms with E-state index in [-0.39, 0.29) is 0 Å². The summed E-state index contributed by atoms with van der Waals surface area (Å²) in [6, 6.07) is 0.583. The van der Waals surface area contributed by atoms with Gasteiger partial charge < -0.3 is 5.32 Å². The summed E-state index contributed by atoms with van der Waals surface area (Å²) in [4.78, 5) is 0. The molecule has 78 valence electrons. The van der Waals surface area contributed by atoms with Crippen molar-refractivity contribution >= 4 is 0 Å². The maximum Gasteiger partial charge on any atom is 0.0638 e. The highest BCUT2D eigenvalue weighted by Crippen LogP contribution is 2.39. The quantitative estimate of drug-likeness (QED) is 0.791. The van der Waals surface area contributed by atoms with Crippen molar-refractivity contribution < 1.29 is 0 Å². The van der Waals surface area contributed by atoms with Gasteiger partial charge in [-0.25, -0.2) is 0 Å². The Bertz CT molecular complexity index is 312. The SMILES string of the molecule is CNCc1cn(C(C)C2CC2)nc1C. The first-order valence-electron chi connectivity index (χ1n) is 5.41. The van der Waals surface area contributed by atoms with Crippen molar-refractivity contribution in [3.05, 3.63) is 17.5 Å².